The molecule has 1 saturated heterocycles. The third-order valence-electron chi connectivity index (χ3n) is 6.39. The zero-order chi connectivity index (χ0) is 24.6. The largest absolute Gasteiger partial charge is 0.493 e. The van der Waals surface area contributed by atoms with E-state index in [9.17, 15) is 17.6 Å². The number of para-hydroxylation sites is 1. The highest BCUT2D eigenvalue weighted by Crippen LogP contribution is 2.38. The van der Waals surface area contributed by atoms with Crippen molar-refractivity contribution in [2.24, 2.45) is 0 Å². The van der Waals surface area contributed by atoms with Crippen LogP contribution < -0.4 is 9.64 Å². The predicted octanol–water partition coefficient (Wildman–Crippen LogP) is 6.59. The molecule has 0 radical (unpaired) electrons. The molecule has 1 aliphatic rings. The van der Waals surface area contributed by atoms with Crippen molar-refractivity contribution < 1.29 is 26.7 Å². The van der Waals surface area contributed by atoms with E-state index in [0.29, 0.717) is 48.0 Å². The van der Waals surface area contributed by atoms with E-state index < -0.39 is 11.7 Å². The zero-order valence-electron chi connectivity index (χ0n) is 19.1. The van der Waals surface area contributed by atoms with Crippen molar-refractivity contribution in [3.8, 4) is 17.1 Å². The second-order valence-corrected chi connectivity index (χ2v) is 8.57. The zero-order valence-corrected chi connectivity index (χ0v) is 19.1. The van der Waals surface area contributed by atoms with Crippen LogP contribution >= 0.6 is 0 Å². The first-order valence-corrected chi connectivity index (χ1v) is 11.3. The van der Waals surface area contributed by atoms with Gasteiger partial charge in [-0.3, -0.25) is 4.90 Å². The standard InChI is InChI=1S/C27H24F4N2O2/c1-34-24-10-9-19(17-32-11-13-33(14-12-32)23-8-3-2-7-22(23)28)21-16-25(35-26(21)24)18-5-4-6-20(15-18)27(29,30)31/h2-10,15-16H,11-14,17H2,1H3. The van der Waals surface area contributed by atoms with Crippen molar-refractivity contribution in [1.82, 2.24) is 4.90 Å². The Morgan fingerprint density at radius 2 is 1.69 bits per heavy atom. The van der Waals surface area contributed by atoms with E-state index in [-0.39, 0.29) is 5.82 Å². The lowest BCUT2D eigenvalue weighted by Crippen LogP contribution is -2.46. The number of nitrogens with zero attached hydrogens (tertiary/aromatic N) is 2. The highest BCUT2D eigenvalue weighted by molar-refractivity contribution is 5.90. The lowest BCUT2D eigenvalue weighted by Gasteiger charge is -2.36. The van der Waals surface area contributed by atoms with Gasteiger partial charge in [-0.05, 0) is 42.0 Å². The fraction of sp³-hybridized carbons (Fsp3) is 0.259. The molecule has 1 aromatic heterocycles. The maximum atomic E-state index is 14.2. The van der Waals surface area contributed by atoms with Crippen LogP contribution in [0.4, 0.5) is 23.2 Å². The number of fused-ring (bicyclic) bond motifs is 1. The molecule has 1 aliphatic heterocycles. The minimum Gasteiger partial charge on any atom is -0.493 e. The highest BCUT2D eigenvalue weighted by Gasteiger charge is 2.31. The van der Waals surface area contributed by atoms with Crippen molar-refractivity contribution in [2.45, 2.75) is 12.7 Å². The third kappa shape index (κ3) is 4.71. The Labute approximate surface area is 200 Å². The summed E-state index contributed by atoms with van der Waals surface area (Å²) >= 11 is 0. The molecule has 2 heterocycles. The number of anilines is 1. The van der Waals surface area contributed by atoms with E-state index in [1.54, 1.807) is 24.3 Å². The summed E-state index contributed by atoms with van der Waals surface area (Å²) in [6.45, 7) is 3.52. The van der Waals surface area contributed by atoms with Crippen molar-refractivity contribution in [3.63, 3.8) is 0 Å². The number of piperazine rings is 1. The Hall–Kier alpha value is -3.52. The number of methoxy groups -OCH3 is 1. The van der Waals surface area contributed by atoms with Crippen molar-refractivity contribution in [1.29, 1.82) is 0 Å². The van der Waals surface area contributed by atoms with Crippen LogP contribution in [0.1, 0.15) is 11.1 Å². The molecule has 0 spiro atoms. The van der Waals surface area contributed by atoms with E-state index >= 15 is 0 Å². The van der Waals surface area contributed by atoms with Crippen LogP contribution in [0.3, 0.4) is 0 Å². The molecule has 1 fully saturated rings. The van der Waals surface area contributed by atoms with Gasteiger partial charge in [-0.1, -0.05) is 30.3 Å². The molecule has 0 aliphatic carbocycles. The van der Waals surface area contributed by atoms with Gasteiger partial charge < -0.3 is 14.1 Å². The van der Waals surface area contributed by atoms with Gasteiger partial charge in [0.2, 0.25) is 0 Å². The minimum absolute atomic E-state index is 0.224. The lowest BCUT2D eigenvalue weighted by molar-refractivity contribution is -0.137. The normalized spacial score (nSPS) is 15.1. The molecule has 0 bridgehead atoms. The van der Waals surface area contributed by atoms with E-state index in [1.807, 2.05) is 23.1 Å². The number of halogens is 4. The summed E-state index contributed by atoms with van der Waals surface area (Å²) < 4.78 is 65.2. The van der Waals surface area contributed by atoms with Gasteiger partial charge in [0, 0.05) is 43.7 Å². The molecule has 8 heteroatoms. The molecule has 182 valence electrons. The minimum atomic E-state index is -4.43. The molecule has 0 atom stereocenters. The average molecular weight is 484 g/mol. The van der Waals surface area contributed by atoms with Crippen LogP contribution in [0.2, 0.25) is 0 Å². The van der Waals surface area contributed by atoms with Crippen molar-refractivity contribution >= 4 is 16.7 Å². The molecule has 0 amide bonds. The van der Waals surface area contributed by atoms with Crippen LogP contribution in [0.25, 0.3) is 22.3 Å². The van der Waals surface area contributed by atoms with Crippen LogP contribution in [0.5, 0.6) is 5.75 Å². The van der Waals surface area contributed by atoms with E-state index in [0.717, 1.165) is 36.2 Å². The van der Waals surface area contributed by atoms with E-state index in [4.69, 9.17) is 9.15 Å². The summed E-state index contributed by atoms with van der Waals surface area (Å²) in [6, 6.07) is 17.4. The Morgan fingerprint density at radius 1 is 0.914 bits per heavy atom. The number of ether oxygens (including phenoxy) is 1. The van der Waals surface area contributed by atoms with Gasteiger partial charge in [-0.25, -0.2) is 4.39 Å². The summed E-state index contributed by atoms with van der Waals surface area (Å²) in [4.78, 5) is 4.31. The summed E-state index contributed by atoms with van der Waals surface area (Å²) in [6.07, 6.45) is -4.43. The Balaban J connectivity index is 1.40. The Bertz CT molecular complexity index is 1340. The van der Waals surface area contributed by atoms with Gasteiger partial charge in [-0.15, -0.1) is 0 Å². The number of hydrogen-bond acceptors (Lipinski definition) is 4. The number of hydrogen-bond donors (Lipinski definition) is 0. The van der Waals surface area contributed by atoms with Crippen LogP contribution in [0.15, 0.2) is 71.1 Å². The smallest absolute Gasteiger partial charge is 0.416 e. The van der Waals surface area contributed by atoms with Crippen molar-refractivity contribution in [3.05, 3.63) is 83.7 Å². The van der Waals surface area contributed by atoms with Crippen molar-refractivity contribution in [2.75, 3.05) is 38.2 Å². The third-order valence-corrected chi connectivity index (χ3v) is 6.39. The van der Waals surface area contributed by atoms with Crippen LogP contribution in [0, 0.1) is 5.82 Å². The van der Waals surface area contributed by atoms with Gasteiger partial charge in [-0.2, -0.15) is 13.2 Å². The molecular weight excluding hydrogens is 460 g/mol. The summed E-state index contributed by atoms with van der Waals surface area (Å²) in [5.41, 5.74) is 1.72. The highest BCUT2D eigenvalue weighted by atomic mass is 19.4. The number of rotatable bonds is 5. The quantitative estimate of drug-likeness (QED) is 0.299. The Morgan fingerprint density at radius 3 is 2.40 bits per heavy atom. The second-order valence-electron chi connectivity index (χ2n) is 8.57. The monoisotopic (exact) mass is 484 g/mol. The lowest BCUT2D eigenvalue weighted by atomic mass is 10.1. The fourth-order valence-corrected chi connectivity index (χ4v) is 4.54. The molecule has 0 saturated carbocycles. The number of furan rings is 1. The van der Waals surface area contributed by atoms with E-state index in [1.165, 1.54) is 19.2 Å². The Kier molecular flexibility index (Phi) is 6.15. The average Bonchev–Trinajstić information content (AvgIpc) is 3.31. The van der Waals surface area contributed by atoms with Gasteiger partial charge in [0.25, 0.3) is 0 Å². The van der Waals surface area contributed by atoms with Crippen LogP contribution in [-0.4, -0.2) is 38.2 Å². The topological polar surface area (TPSA) is 28.9 Å². The maximum absolute atomic E-state index is 14.2. The molecule has 4 nitrogen and oxygen atoms in total. The van der Waals surface area contributed by atoms with Gasteiger partial charge in [0.1, 0.15) is 11.6 Å². The summed E-state index contributed by atoms with van der Waals surface area (Å²) in [5.74, 6) is 0.644. The summed E-state index contributed by atoms with van der Waals surface area (Å²) in [5, 5.41) is 0.799. The maximum Gasteiger partial charge on any atom is 0.416 e. The van der Waals surface area contributed by atoms with Gasteiger partial charge in [0.15, 0.2) is 11.3 Å². The first-order valence-electron chi connectivity index (χ1n) is 11.3. The SMILES string of the molecule is COc1ccc(CN2CCN(c3ccccc3F)CC2)c2cc(-c3cccc(C(F)(F)F)c3)oc12. The van der Waals surface area contributed by atoms with Gasteiger partial charge in [0.05, 0.1) is 18.4 Å². The molecule has 5 rings (SSSR count). The van der Waals surface area contributed by atoms with E-state index in [2.05, 4.69) is 4.90 Å². The molecule has 35 heavy (non-hydrogen) atoms. The molecule has 4 aromatic rings. The second kappa shape index (κ2) is 9.26. The predicted molar refractivity (Wildman–Crippen MR) is 127 cm³/mol. The fourth-order valence-electron chi connectivity index (χ4n) is 4.54. The molecular formula is C27H24F4N2O2. The number of alkyl halides is 3. The molecule has 0 unspecified atom stereocenters. The summed E-state index contributed by atoms with van der Waals surface area (Å²) in [7, 11) is 1.53. The number of benzene rings is 3. The van der Waals surface area contributed by atoms with Gasteiger partial charge >= 0.3 is 6.18 Å². The first-order chi connectivity index (χ1) is 16.8. The first kappa shape index (κ1) is 23.2. The molecule has 3 aromatic carbocycles. The molecule has 0 N–H and O–H groups in total. The van der Waals surface area contributed by atoms with Crippen LogP contribution in [-0.2, 0) is 12.7 Å².